The SMILES string of the molecule is Cc1cnn(-c2ncncc2CN)c1. The molecular formula is C9H11N5. The fourth-order valence-corrected chi connectivity index (χ4v) is 1.23. The number of nitrogens with zero attached hydrogens (tertiary/aromatic N) is 4. The van der Waals surface area contributed by atoms with Gasteiger partial charge in [-0.05, 0) is 12.5 Å². The van der Waals surface area contributed by atoms with Crippen LogP contribution in [0.1, 0.15) is 11.1 Å². The highest BCUT2D eigenvalue weighted by Crippen LogP contribution is 2.08. The first kappa shape index (κ1) is 8.83. The van der Waals surface area contributed by atoms with Crippen LogP contribution in [0.5, 0.6) is 0 Å². The molecule has 0 aliphatic heterocycles. The fourth-order valence-electron chi connectivity index (χ4n) is 1.23. The van der Waals surface area contributed by atoms with E-state index in [-0.39, 0.29) is 0 Å². The van der Waals surface area contributed by atoms with Crippen molar-refractivity contribution in [3.05, 3.63) is 36.0 Å². The van der Waals surface area contributed by atoms with Gasteiger partial charge in [-0.25, -0.2) is 14.6 Å². The van der Waals surface area contributed by atoms with E-state index in [0.717, 1.165) is 16.9 Å². The second kappa shape index (κ2) is 3.55. The van der Waals surface area contributed by atoms with Gasteiger partial charge in [0.05, 0.1) is 6.20 Å². The molecule has 72 valence electrons. The summed E-state index contributed by atoms with van der Waals surface area (Å²) in [6, 6.07) is 0. The number of nitrogens with two attached hydrogens (primary N) is 1. The monoisotopic (exact) mass is 189 g/mol. The van der Waals surface area contributed by atoms with Crippen molar-refractivity contribution in [2.45, 2.75) is 13.5 Å². The number of hydrogen-bond donors (Lipinski definition) is 1. The molecule has 5 heteroatoms. The Morgan fingerprint density at radius 1 is 1.43 bits per heavy atom. The minimum Gasteiger partial charge on any atom is -0.326 e. The Hall–Kier alpha value is -1.75. The molecule has 0 bridgehead atoms. The van der Waals surface area contributed by atoms with Gasteiger partial charge in [-0.2, -0.15) is 5.10 Å². The minimum atomic E-state index is 0.412. The molecule has 0 fully saturated rings. The third-order valence-corrected chi connectivity index (χ3v) is 1.91. The third-order valence-electron chi connectivity index (χ3n) is 1.91. The highest BCUT2D eigenvalue weighted by molar-refractivity contribution is 5.30. The maximum atomic E-state index is 5.57. The molecule has 0 atom stereocenters. The summed E-state index contributed by atoms with van der Waals surface area (Å²) in [5.74, 6) is 0.746. The number of hydrogen-bond acceptors (Lipinski definition) is 4. The van der Waals surface area contributed by atoms with Gasteiger partial charge < -0.3 is 5.73 Å². The van der Waals surface area contributed by atoms with E-state index in [4.69, 9.17) is 5.73 Å². The first-order chi connectivity index (χ1) is 6.81. The molecule has 0 saturated heterocycles. The molecule has 0 spiro atoms. The van der Waals surface area contributed by atoms with Crippen molar-refractivity contribution < 1.29 is 0 Å². The van der Waals surface area contributed by atoms with Crippen LogP contribution in [0.25, 0.3) is 5.82 Å². The molecule has 2 heterocycles. The Bertz CT molecular complexity index is 434. The van der Waals surface area contributed by atoms with Crippen LogP contribution in [0.3, 0.4) is 0 Å². The van der Waals surface area contributed by atoms with Crippen molar-refractivity contribution in [3.63, 3.8) is 0 Å². The molecule has 2 rings (SSSR count). The molecule has 5 nitrogen and oxygen atoms in total. The van der Waals surface area contributed by atoms with Crippen molar-refractivity contribution in [2.24, 2.45) is 5.73 Å². The molecule has 0 aliphatic rings. The molecule has 2 aromatic heterocycles. The Balaban J connectivity index is 2.50. The smallest absolute Gasteiger partial charge is 0.161 e. The van der Waals surface area contributed by atoms with E-state index in [1.165, 1.54) is 6.33 Å². The van der Waals surface area contributed by atoms with E-state index in [1.807, 2.05) is 13.1 Å². The summed E-state index contributed by atoms with van der Waals surface area (Å²) < 4.78 is 1.71. The van der Waals surface area contributed by atoms with Gasteiger partial charge in [0, 0.05) is 24.5 Å². The normalized spacial score (nSPS) is 10.4. The van der Waals surface area contributed by atoms with Crippen LogP contribution in [0.4, 0.5) is 0 Å². The lowest BCUT2D eigenvalue weighted by Crippen LogP contribution is -2.07. The van der Waals surface area contributed by atoms with Crippen LogP contribution in [-0.4, -0.2) is 19.7 Å². The first-order valence-electron chi connectivity index (χ1n) is 4.32. The molecule has 14 heavy (non-hydrogen) atoms. The maximum Gasteiger partial charge on any atom is 0.161 e. The fraction of sp³-hybridized carbons (Fsp3) is 0.222. The number of aromatic nitrogens is 4. The van der Waals surface area contributed by atoms with E-state index in [1.54, 1.807) is 17.1 Å². The lowest BCUT2D eigenvalue weighted by atomic mass is 10.3. The van der Waals surface area contributed by atoms with Crippen molar-refractivity contribution >= 4 is 0 Å². The summed E-state index contributed by atoms with van der Waals surface area (Å²) in [6.45, 7) is 2.39. The van der Waals surface area contributed by atoms with Gasteiger partial charge >= 0.3 is 0 Å². The molecule has 2 N–H and O–H groups in total. The number of rotatable bonds is 2. The maximum absolute atomic E-state index is 5.57. The Morgan fingerprint density at radius 3 is 2.93 bits per heavy atom. The van der Waals surface area contributed by atoms with Gasteiger partial charge in [-0.3, -0.25) is 0 Å². The molecule has 0 radical (unpaired) electrons. The zero-order valence-electron chi connectivity index (χ0n) is 7.88. The van der Waals surface area contributed by atoms with E-state index < -0.39 is 0 Å². The highest BCUT2D eigenvalue weighted by Gasteiger charge is 2.04. The van der Waals surface area contributed by atoms with E-state index >= 15 is 0 Å². The predicted octanol–water partition coefficient (Wildman–Crippen LogP) is 0.429. The molecule has 2 aromatic rings. The van der Waals surface area contributed by atoms with E-state index in [2.05, 4.69) is 15.1 Å². The average molecular weight is 189 g/mol. The standard InChI is InChI=1S/C9H11N5/c1-7-3-13-14(5-7)9-8(2-10)4-11-6-12-9/h3-6H,2,10H2,1H3. The van der Waals surface area contributed by atoms with Crippen molar-refractivity contribution in [1.29, 1.82) is 0 Å². The molecule has 0 saturated carbocycles. The van der Waals surface area contributed by atoms with Gasteiger partial charge in [0.25, 0.3) is 0 Å². The third kappa shape index (κ3) is 1.49. The van der Waals surface area contributed by atoms with E-state index in [9.17, 15) is 0 Å². The largest absolute Gasteiger partial charge is 0.326 e. The predicted molar refractivity (Wildman–Crippen MR) is 51.8 cm³/mol. The van der Waals surface area contributed by atoms with Crippen molar-refractivity contribution in [1.82, 2.24) is 19.7 Å². The summed E-state index contributed by atoms with van der Waals surface area (Å²) >= 11 is 0. The Kier molecular flexibility index (Phi) is 2.24. The lowest BCUT2D eigenvalue weighted by Gasteiger charge is -2.04. The molecule has 0 aliphatic carbocycles. The molecular weight excluding hydrogens is 178 g/mol. The van der Waals surface area contributed by atoms with Gasteiger partial charge in [-0.15, -0.1) is 0 Å². The average Bonchev–Trinajstić information content (AvgIpc) is 2.65. The van der Waals surface area contributed by atoms with Gasteiger partial charge in [-0.1, -0.05) is 0 Å². The van der Waals surface area contributed by atoms with Gasteiger partial charge in [0.2, 0.25) is 0 Å². The topological polar surface area (TPSA) is 69.6 Å². The number of aryl methyl sites for hydroxylation is 1. The van der Waals surface area contributed by atoms with Crippen LogP contribution >= 0.6 is 0 Å². The Morgan fingerprint density at radius 2 is 2.29 bits per heavy atom. The van der Waals surface area contributed by atoms with Gasteiger partial charge in [0.1, 0.15) is 6.33 Å². The Labute approximate surface area is 81.6 Å². The molecule has 0 unspecified atom stereocenters. The summed E-state index contributed by atoms with van der Waals surface area (Å²) in [5, 5.41) is 4.17. The molecule has 0 amide bonds. The second-order valence-corrected chi connectivity index (χ2v) is 3.04. The van der Waals surface area contributed by atoms with Crippen LogP contribution in [0.15, 0.2) is 24.9 Å². The van der Waals surface area contributed by atoms with Crippen LogP contribution < -0.4 is 5.73 Å². The summed E-state index contributed by atoms with van der Waals surface area (Å²) in [5.41, 5.74) is 7.55. The first-order valence-corrected chi connectivity index (χ1v) is 4.32. The van der Waals surface area contributed by atoms with Crippen LogP contribution in [0, 0.1) is 6.92 Å². The minimum absolute atomic E-state index is 0.412. The zero-order valence-corrected chi connectivity index (χ0v) is 7.88. The summed E-state index contributed by atoms with van der Waals surface area (Å²) in [6.07, 6.45) is 6.88. The van der Waals surface area contributed by atoms with Crippen LogP contribution in [-0.2, 0) is 6.54 Å². The lowest BCUT2D eigenvalue weighted by molar-refractivity contribution is 0.813. The van der Waals surface area contributed by atoms with Crippen molar-refractivity contribution in [3.8, 4) is 5.82 Å². The summed E-state index contributed by atoms with van der Waals surface area (Å²) in [4.78, 5) is 8.06. The van der Waals surface area contributed by atoms with Crippen molar-refractivity contribution in [2.75, 3.05) is 0 Å². The molecule has 0 aromatic carbocycles. The second-order valence-electron chi connectivity index (χ2n) is 3.04. The quantitative estimate of drug-likeness (QED) is 0.743. The van der Waals surface area contributed by atoms with E-state index in [0.29, 0.717) is 6.54 Å². The highest BCUT2D eigenvalue weighted by atomic mass is 15.3. The summed E-state index contributed by atoms with van der Waals surface area (Å²) in [7, 11) is 0. The van der Waals surface area contributed by atoms with Gasteiger partial charge in [0.15, 0.2) is 5.82 Å². The van der Waals surface area contributed by atoms with Crippen LogP contribution in [0.2, 0.25) is 0 Å². The zero-order chi connectivity index (χ0) is 9.97.